The van der Waals surface area contributed by atoms with Crippen molar-refractivity contribution in [3.63, 3.8) is 0 Å². The molecule has 26 heavy (non-hydrogen) atoms. The molecule has 1 aromatic rings. The maximum atomic E-state index is 11.9. The standard InChI is InChI=1S/C21H31NO4/c1-20(2,3)26-19(23)22-17-13-21(25-15-17)11-9-18(10-12-21)24-14-16-7-5-4-6-8-16/h4-8,17-18H,9-15H2,1-3H3,(H,22,23). The first-order valence-electron chi connectivity index (χ1n) is 9.63. The van der Waals surface area contributed by atoms with Crippen molar-refractivity contribution in [2.45, 2.75) is 82.8 Å². The number of ether oxygens (including phenoxy) is 3. The molecule has 0 aromatic heterocycles. The Morgan fingerprint density at radius 2 is 1.92 bits per heavy atom. The van der Waals surface area contributed by atoms with Gasteiger partial charge in [0.05, 0.1) is 31.0 Å². The summed E-state index contributed by atoms with van der Waals surface area (Å²) in [5, 5.41) is 2.95. The van der Waals surface area contributed by atoms with E-state index < -0.39 is 5.60 Å². The molecular weight excluding hydrogens is 330 g/mol. The quantitative estimate of drug-likeness (QED) is 0.873. The molecule has 1 spiro atoms. The van der Waals surface area contributed by atoms with E-state index in [0.717, 1.165) is 32.1 Å². The number of amides is 1. The summed E-state index contributed by atoms with van der Waals surface area (Å²) in [7, 11) is 0. The largest absolute Gasteiger partial charge is 0.444 e. The SMILES string of the molecule is CC(C)(C)OC(=O)NC1COC2(CCC(OCc3ccccc3)CC2)C1. The number of benzene rings is 1. The summed E-state index contributed by atoms with van der Waals surface area (Å²) in [4.78, 5) is 11.9. The molecule has 1 saturated heterocycles. The first kappa shape index (κ1) is 19.2. The summed E-state index contributed by atoms with van der Waals surface area (Å²) in [6.45, 7) is 6.85. The van der Waals surface area contributed by atoms with E-state index in [1.54, 1.807) is 0 Å². The number of nitrogens with one attached hydrogen (secondary N) is 1. The lowest BCUT2D eigenvalue weighted by atomic mass is 9.80. The van der Waals surface area contributed by atoms with Gasteiger partial charge in [-0.15, -0.1) is 0 Å². The topological polar surface area (TPSA) is 56.8 Å². The normalized spacial score (nSPS) is 28.9. The summed E-state index contributed by atoms with van der Waals surface area (Å²) < 4.78 is 17.5. The van der Waals surface area contributed by atoms with Crippen LogP contribution in [0.1, 0.15) is 58.4 Å². The van der Waals surface area contributed by atoms with E-state index in [1.807, 2.05) is 39.0 Å². The molecule has 3 rings (SSSR count). The molecule has 1 unspecified atom stereocenters. The maximum Gasteiger partial charge on any atom is 0.407 e. The summed E-state index contributed by atoms with van der Waals surface area (Å²) in [5.41, 5.74) is 0.633. The van der Waals surface area contributed by atoms with Crippen LogP contribution in [0.25, 0.3) is 0 Å². The third kappa shape index (κ3) is 5.45. The molecule has 2 fully saturated rings. The molecule has 1 saturated carbocycles. The van der Waals surface area contributed by atoms with Gasteiger partial charge in [0.15, 0.2) is 0 Å². The zero-order valence-corrected chi connectivity index (χ0v) is 16.1. The highest BCUT2D eigenvalue weighted by atomic mass is 16.6. The van der Waals surface area contributed by atoms with Crippen LogP contribution in [0, 0.1) is 0 Å². The Labute approximate surface area is 156 Å². The highest BCUT2D eigenvalue weighted by molar-refractivity contribution is 5.68. The summed E-state index contributed by atoms with van der Waals surface area (Å²) in [6, 6.07) is 10.3. The monoisotopic (exact) mass is 361 g/mol. The Morgan fingerprint density at radius 1 is 1.23 bits per heavy atom. The Balaban J connectivity index is 1.41. The second kappa shape index (κ2) is 7.97. The predicted molar refractivity (Wildman–Crippen MR) is 99.9 cm³/mol. The number of hydrogen-bond donors (Lipinski definition) is 1. The second-order valence-corrected chi connectivity index (χ2v) is 8.54. The minimum atomic E-state index is -0.477. The molecule has 1 aliphatic carbocycles. The first-order chi connectivity index (χ1) is 12.3. The second-order valence-electron chi connectivity index (χ2n) is 8.54. The summed E-state index contributed by atoms with van der Waals surface area (Å²) in [5.74, 6) is 0. The van der Waals surface area contributed by atoms with Crippen molar-refractivity contribution in [3.05, 3.63) is 35.9 Å². The number of hydrogen-bond acceptors (Lipinski definition) is 4. The van der Waals surface area contributed by atoms with Crippen molar-refractivity contribution in [1.29, 1.82) is 0 Å². The smallest absolute Gasteiger partial charge is 0.407 e. The minimum Gasteiger partial charge on any atom is -0.444 e. The molecular formula is C21H31NO4. The third-order valence-electron chi connectivity index (χ3n) is 5.10. The molecule has 5 heteroatoms. The van der Waals surface area contributed by atoms with Crippen LogP contribution >= 0.6 is 0 Å². The molecule has 1 aliphatic heterocycles. The highest BCUT2D eigenvalue weighted by Gasteiger charge is 2.43. The van der Waals surface area contributed by atoms with Gasteiger partial charge >= 0.3 is 6.09 Å². The van der Waals surface area contributed by atoms with Crippen LogP contribution in [0.4, 0.5) is 4.79 Å². The van der Waals surface area contributed by atoms with Crippen molar-refractivity contribution in [3.8, 4) is 0 Å². The Morgan fingerprint density at radius 3 is 2.58 bits per heavy atom. The fourth-order valence-electron chi connectivity index (χ4n) is 3.83. The van der Waals surface area contributed by atoms with Crippen molar-refractivity contribution < 1.29 is 19.0 Å². The van der Waals surface area contributed by atoms with E-state index in [2.05, 4.69) is 17.4 Å². The van der Waals surface area contributed by atoms with Crippen LogP contribution in [0.3, 0.4) is 0 Å². The molecule has 1 N–H and O–H groups in total. The zero-order valence-electron chi connectivity index (χ0n) is 16.1. The predicted octanol–water partition coefficient (Wildman–Crippen LogP) is 4.20. The lowest BCUT2D eigenvalue weighted by Crippen LogP contribution is -2.41. The van der Waals surface area contributed by atoms with E-state index in [1.165, 1.54) is 5.56 Å². The molecule has 0 radical (unpaired) electrons. The van der Waals surface area contributed by atoms with Gasteiger partial charge < -0.3 is 19.5 Å². The molecule has 2 aliphatic rings. The lowest BCUT2D eigenvalue weighted by molar-refractivity contribution is -0.0724. The molecule has 144 valence electrons. The number of carbonyl (C=O) groups excluding carboxylic acids is 1. The average Bonchev–Trinajstić information content (AvgIpc) is 2.96. The maximum absolute atomic E-state index is 11.9. The van der Waals surface area contributed by atoms with Crippen LogP contribution < -0.4 is 5.32 Å². The van der Waals surface area contributed by atoms with Gasteiger partial charge in [0.1, 0.15) is 5.60 Å². The van der Waals surface area contributed by atoms with Crippen LogP contribution in [-0.4, -0.2) is 36.0 Å². The van der Waals surface area contributed by atoms with Crippen LogP contribution in [0.5, 0.6) is 0 Å². The van der Waals surface area contributed by atoms with E-state index in [-0.39, 0.29) is 17.7 Å². The van der Waals surface area contributed by atoms with Gasteiger partial charge in [0, 0.05) is 0 Å². The van der Waals surface area contributed by atoms with E-state index in [4.69, 9.17) is 14.2 Å². The summed E-state index contributed by atoms with van der Waals surface area (Å²) >= 11 is 0. The number of alkyl carbamates (subject to hydrolysis) is 1. The van der Waals surface area contributed by atoms with E-state index in [0.29, 0.717) is 19.3 Å². The van der Waals surface area contributed by atoms with Crippen LogP contribution in [-0.2, 0) is 20.8 Å². The van der Waals surface area contributed by atoms with E-state index >= 15 is 0 Å². The zero-order chi connectivity index (χ0) is 18.6. The Kier molecular flexibility index (Phi) is 5.88. The van der Waals surface area contributed by atoms with Gasteiger partial charge in [-0.1, -0.05) is 30.3 Å². The first-order valence-corrected chi connectivity index (χ1v) is 9.63. The van der Waals surface area contributed by atoms with E-state index in [9.17, 15) is 4.79 Å². The molecule has 1 amide bonds. The van der Waals surface area contributed by atoms with Gasteiger partial charge in [0.25, 0.3) is 0 Å². The Hall–Kier alpha value is -1.59. The van der Waals surface area contributed by atoms with Gasteiger partial charge in [-0.25, -0.2) is 4.79 Å². The van der Waals surface area contributed by atoms with Gasteiger partial charge in [-0.2, -0.15) is 0 Å². The van der Waals surface area contributed by atoms with Crippen molar-refractivity contribution in [2.75, 3.05) is 6.61 Å². The van der Waals surface area contributed by atoms with Gasteiger partial charge in [0.2, 0.25) is 0 Å². The summed E-state index contributed by atoms with van der Waals surface area (Å²) in [6.07, 6.45) is 4.78. The number of rotatable bonds is 4. The molecule has 0 bridgehead atoms. The highest BCUT2D eigenvalue weighted by Crippen LogP contribution is 2.40. The van der Waals surface area contributed by atoms with Gasteiger partial charge in [-0.05, 0) is 58.4 Å². The molecule has 1 aromatic carbocycles. The van der Waals surface area contributed by atoms with Crippen LogP contribution in [0.2, 0.25) is 0 Å². The fraction of sp³-hybridized carbons (Fsp3) is 0.667. The van der Waals surface area contributed by atoms with Gasteiger partial charge in [-0.3, -0.25) is 0 Å². The van der Waals surface area contributed by atoms with Crippen molar-refractivity contribution in [2.24, 2.45) is 0 Å². The Bertz CT molecular complexity index is 588. The lowest BCUT2D eigenvalue weighted by Gasteiger charge is -2.36. The fourth-order valence-corrected chi connectivity index (χ4v) is 3.83. The molecule has 5 nitrogen and oxygen atoms in total. The van der Waals surface area contributed by atoms with Crippen molar-refractivity contribution in [1.82, 2.24) is 5.32 Å². The third-order valence-corrected chi connectivity index (χ3v) is 5.10. The minimum absolute atomic E-state index is 0.0339. The molecule has 1 heterocycles. The number of carbonyl (C=O) groups is 1. The average molecular weight is 361 g/mol. The van der Waals surface area contributed by atoms with Crippen molar-refractivity contribution >= 4 is 6.09 Å². The molecule has 1 atom stereocenters. The van der Waals surface area contributed by atoms with Crippen LogP contribution in [0.15, 0.2) is 30.3 Å².